The highest BCUT2D eigenvalue weighted by Gasteiger charge is 2.54. The lowest BCUT2D eigenvalue weighted by atomic mass is 9.57. The summed E-state index contributed by atoms with van der Waals surface area (Å²) in [5, 5.41) is 20.1. The van der Waals surface area contributed by atoms with Gasteiger partial charge in [0.2, 0.25) is 0 Å². The monoisotopic (exact) mass is 290 g/mol. The van der Waals surface area contributed by atoms with Crippen LogP contribution in [0.3, 0.4) is 0 Å². The first-order valence-corrected chi connectivity index (χ1v) is 8.39. The van der Waals surface area contributed by atoms with E-state index in [0.717, 1.165) is 38.5 Å². The van der Waals surface area contributed by atoms with Crippen LogP contribution in [0.25, 0.3) is 0 Å². The lowest BCUT2D eigenvalue weighted by Gasteiger charge is -2.47. The molecule has 116 valence electrons. The van der Waals surface area contributed by atoms with Crippen molar-refractivity contribution >= 4 is 5.78 Å². The van der Waals surface area contributed by atoms with Gasteiger partial charge in [-0.25, -0.2) is 0 Å². The fraction of sp³-hybridized carbons (Fsp3) is 0.833. The maximum absolute atomic E-state index is 12.6. The van der Waals surface area contributed by atoms with Crippen molar-refractivity contribution in [2.75, 3.05) is 0 Å². The molecule has 0 aliphatic heterocycles. The summed E-state index contributed by atoms with van der Waals surface area (Å²) < 4.78 is 0. The number of hydrogen-bond acceptors (Lipinski definition) is 3. The lowest BCUT2D eigenvalue weighted by Crippen LogP contribution is -2.45. The van der Waals surface area contributed by atoms with Crippen molar-refractivity contribution in [1.82, 2.24) is 0 Å². The van der Waals surface area contributed by atoms with E-state index in [0.29, 0.717) is 30.5 Å². The van der Waals surface area contributed by atoms with E-state index in [4.69, 9.17) is 0 Å². The third kappa shape index (κ3) is 2.64. The van der Waals surface area contributed by atoms with E-state index in [1.807, 2.05) is 0 Å². The predicted molar refractivity (Wildman–Crippen MR) is 80.3 cm³/mol. The van der Waals surface area contributed by atoms with Gasteiger partial charge in [-0.2, -0.15) is 0 Å². The first kappa shape index (κ1) is 15.1. The number of hydrogen-bond donors (Lipinski definition) is 2. The fourth-order valence-corrected chi connectivity index (χ4v) is 5.03. The molecule has 0 aromatic heterocycles. The zero-order valence-corrected chi connectivity index (χ0v) is 12.8. The van der Waals surface area contributed by atoms with Crippen LogP contribution in [-0.2, 0) is 4.79 Å². The molecule has 0 aromatic rings. The largest absolute Gasteiger partial charge is 0.393 e. The summed E-state index contributed by atoms with van der Waals surface area (Å²) in [4.78, 5) is 12.6. The molecule has 0 amide bonds. The Morgan fingerprint density at radius 1 is 1.14 bits per heavy atom. The van der Waals surface area contributed by atoms with Crippen LogP contribution in [0.2, 0.25) is 0 Å². The molecule has 2 saturated carbocycles. The molecule has 0 radical (unpaired) electrons. The molecule has 3 heteroatoms. The molecule has 0 spiro atoms. The van der Waals surface area contributed by atoms with Gasteiger partial charge in [-0.1, -0.05) is 12.8 Å². The number of carbonyl (C=O) groups is 1. The van der Waals surface area contributed by atoms with E-state index in [1.54, 1.807) is 0 Å². The van der Waals surface area contributed by atoms with Gasteiger partial charge < -0.3 is 10.2 Å². The minimum Gasteiger partial charge on any atom is -0.393 e. The molecule has 0 unspecified atom stereocenters. The molecule has 0 bridgehead atoms. The molecular formula is C18H26O3. The fourth-order valence-electron chi connectivity index (χ4n) is 5.03. The third-order valence-electron chi connectivity index (χ3n) is 6.34. The standard InChI is InChI=1S/C18H26O3/c1-18-11-10-14-13(15(18)7-9-17(18)21)5-3-2-4-12(19)6-8-16(14)20/h12-15,17,19,21H,3,5-11H2,1H3/t12-,13+,14-,15-,17-,18-/m0/s1. The summed E-state index contributed by atoms with van der Waals surface area (Å²) in [7, 11) is 0. The van der Waals surface area contributed by atoms with Crippen LogP contribution in [0.15, 0.2) is 0 Å². The van der Waals surface area contributed by atoms with E-state index in [2.05, 4.69) is 18.8 Å². The molecule has 2 fully saturated rings. The number of aliphatic hydroxyl groups is 2. The summed E-state index contributed by atoms with van der Waals surface area (Å²) in [5.41, 5.74) is -0.00148. The van der Waals surface area contributed by atoms with Crippen LogP contribution in [0.5, 0.6) is 0 Å². The van der Waals surface area contributed by atoms with Crippen LogP contribution < -0.4 is 0 Å². The van der Waals surface area contributed by atoms with Gasteiger partial charge in [-0.15, -0.1) is 5.92 Å². The van der Waals surface area contributed by atoms with Gasteiger partial charge in [-0.3, -0.25) is 4.79 Å². The maximum Gasteiger partial charge on any atom is 0.136 e. The lowest BCUT2D eigenvalue weighted by molar-refractivity contribution is -0.131. The molecule has 0 aromatic carbocycles. The molecule has 2 N–H and O–H groups in total. The van der Waals surface area contributed by atoms with Crippen molar-refractivity contribution in [2.24, 2.45) is 23.2 Å². The average molecular weight is 290 g/mol. The van der Waals surface area contributed by atoms with E-state index in [-0.39, 0.29) is 17.4 Å². The topological polar surface area (TPSA) is 57.5 Å². The van der Waals surface area contributed by atoms with Gasteiger partial charge >= 0.3 is 0 Å². The summed E-state index contributed by atoms with van der Waals surface area (Å²) in [5.74, 6) is 7.20. The summed E-state index contributed by atoms with van der Waals surface area (Å²) >= 11 is 0. The Bertz CT molecular complexity index is 475. The number of Topliss-reactive ketones (excluding diaryl/α,β-unsaturated/α-hetero) is 1. The highest BCUT2D eigenvalue weighted by atomic mass is 16.3. The van der Waals surface area contributed by atoms with Crippen molar-refractivity contribution in [2.45, 2.75) is 70.5 Å². The minimum atomic E-state index is -0.646. The van der Waals surface area contributed by atoms with Crippen molar-refractivity contribution < 1.29 is 15.0 Å². The zero-order chi connectivity index (χ0) is 15.0. The van der Waals surface area contributed by atoms with E-state index in [9.17, 15) is 15.0 Å². The molecule has 6 atom stereocenters. The summed E-state index contributed by atoms with van der Waals surface area (Å²) in [6.07, 6.45) is 5.54. The smallest absolute Gasteiger partial charge is 0.136 e. The van der Waals surface area contributed by atoms with Crippen LogP contribution in [-0.4, -0.2) is 28.2 Å². The van der Waals surface area contributed by atoms with E-state index >= 15 is 0 Å². The molecule has 3 aliphatic carbocycles. The zero-order valence-electron chi connectivity index (χ0n) is 12.8. The molecule has 21 heavy (non-hydrogen) atoms. The quantitative estimate of drug-likeness (QED) is 0.673. The Morgan fingerprint density at radius 2 is 1.95 bits per heavy atom. The first-order chi connectivity index (χ1) is 10.0. The second-order valence-corrected chi connectivity index (χ2v) is 7.40. The molecule has 3 aliphatic rings. The number of carbonyl (C=O) groups excluding carboxylic acids is 1. The van der Waals surface area contributed by atoms with E-state index in [1.165, 1.54) is 0 Å². The normalized spacial score (nSPS) is 47.0. The molecule has 3 rings (SSSR count). The van der Waals surface area contributed by atoms with Crippen LogP contribution in [0.4, 0.5) is 0 Å². The van der Waals surface area contributed by atoms with Crippen molar-refractivity contribution in [3.8, 4) is 11.8 Å². The van der Waals surface area contributed by atoms with Crippen molar-refractivity contribution in [3.05, 3.63) is 0 Å². The Hall–Kier alpha value is -0.850. The Balaban J connectivity index is 1.85. The highest BCUT2D eigenvalue weighted by Crippen LogP contribution is 2.57. The second kappa shape index (κ2) is 5.74. The predicted octanol–water partition coefficient (Wildman–Crippen LogP) is 2.30. The highest BCUT2D eigenvalue weighted by molar-refractivity contribution is 5.81. The van der Waals surface area contributed by atoms with Crippen LogP contribution in [0.1, 0.15) is 58.3 Å². The molecular weight excluding hydrogens is 264 g/mol. The van der Waals surface area contributed by atoms with Gasteiger partial charge in [0.15, 0.2) is 0 Å². The van der Waals surface area contributed by atoms with Gasteiger partial charge in [0, 0.05) is 18.8 Å². The maximum atomic E-state index is 12.6. The second-order valence-electron chi connectivity index (χ2n) is 7.40. The first-order valence-electron chi connectivity index (χ1n) is 8.39. The van der Waals surface area contributed by atoms with Gasteiger partial charge in [0.05, 0.1) is 6.10 Å². The van der Waals surface area contributed by atoms with Crippen molar-refractivity contribution in [1.29, 1.82) is 0 Å². The van der Waals surface area contributed by atoms with Gasteiger partial charge in [-0.05, 0) is 55.8 Å². The molecule has 0 saturated heterocycles. The SMILES string of the molecule is C[C@]12CC[C@@H]3C(=O)CC[C@@H](O)C#CCC[C@H]3[C@@H]1CC[C@@H]2O. The summed E-state index contributed by atoms with van der Waals surface area (Å²) in [6.45, 7) is 2.21. The minimum absolute atomic E-state index is 0.00148. The van der Waals surface area contributed by atoms with Crippen LogP contribution in [0, 0.1) is 35.0 Å². The number of fused-ring (bicyclic) bond motifs is 3. The number of rotatable bonds is 0. The molecule has 0 heterocycles. The number of aliphatic hydroxyl groups excluding tert-OH is 2. The Labute approximate surface area is 127 Å². The van der Waals surface area contributed by atoms with Crippen LogP contribution >= 0.6 is 0 Å². The average Bonchev–Trinajstić information content (AvgIpc) is 2.76. The van der Waals surface area contributed by atoms with Crippen molar-refractivity contribution in [3.63, 3.8) is 0 Å². The Morgan fingerprint density at radius 3 is 2.76 bits per heavy atom. The third-order valence-corrected chi connectivity index (χ3v) is 6.34. The Kier molecular flexibility index (Phi) is 4.12. The summed E-state index contributed by atoms with van der Waals surface area (Å²) in [6, 6.07) is 0. The number of ketones is 1. The van der Waals surface area contributed by atoms with Gasteiger partial charge in [0.25, 0.3) is 0 Å². The molecule has 3 nitrogen and oxygen atoms in total. The van der Waals surface area contributed by atoms with E-state index < -0.39 is 6.10 Å². The van der Waals surface area contributed by atoms with Gasteiger partial charge in [0.1, 0.15) is 11.9 Å².